The molecule has 6 nitrogen and oxygen atoms in total. The molecule has 1 amide bonds. The zero-order valence-electron chi connectivity index (χ0n) is 17.8. The maximum atomic E-state index is 13.0. The molecule has 1 atom stereocenters. The average molecular weight is 411 g/mol. The van der Waals surface area contributed by atoms with E-state index in [1.807, 2.05) is 43.3 Å². The van der Waals surface area contributed by atoms with Gasteiger partial charge in [-0.2, -0.15) is 0 Å². The molecule has 0 radical (unpaired) electrons. The van der Waals surface area contributed by atoms with Gasteiger partial charge < -0.3 is 19.5 Å². The molecule has 1 aliphatic rings. The van der Waals surface area contributed by atoms with Crippen LogP contribution in [0.4, 0.5) is 0 Å². The first-order valence-corrected chi connectivity index (χ1v) is 10.2. The molecule has 1 saturated carbocycles. The molecule has 0 aliphatic heterocycles. The van der Waals surface area contributed by atoms with E-state index in [4.69, 9.17) is 14.2 Å². The van der Waals surface area contributed by atoms with Gasteiger partial charge in [-0.25, -0.2) is 0 Å². The molecule has 3 rings (SSSR count). The number of hydrogen-bond donors (Lipinski definition) is 1. The van der Waals surface area contributed by atoms with E-state index in [0.717, 1.165) is 36.8 Å². The van der Waals surface area contributed by atoms with Crippen LogP contribution >= 0.6 is 0 Å². The van der Waals surface area contributed by atoms with E-state index in [1.54, 1.807) is 26.4 Å². The van der Waals surface area contributed by atoms with Crippen molar-refractivity contribution in [1.29, 1.82) is 0 Å². The minimum Gasteiger partial charge on any atom is -0.497 e. The predicted octanol–water partition coefficient (Wildman–Crippen LogP) is 3.94. The minimum absolute atomic E-state index is 0.315. The van der Waals surface area contributed by atoms with Crippen molar-refractivity contribution < 1.29 is 23.8 Å². The van der Waals surface area contributed by atoms with Gasteiger partial charge in [0.2, 0.25) is 0 Å². The van der Waals surface area contributed by atoms with Crippen LogP contribution < -0.4 is 14.8 Å². The molecule has 2 aromatic rings. The minimum atomic E-state index is -0.650. The van der Waals surface area contributed by atoms with Crippen LogP contribution in [0.15, 0.2) is 48.5 Å². The normalized spacial score (nSPS) is 15.8. The summed E-state index contributed by atoms with van der Waals surface area (Å²) in [4.78, 5) is 25.5. The number of methoxy groups -OCH3 is 2. The van der Waals surface area contributed by atoms with Gasteiger partial charge in [-0.3, -0.25) is 9.59 Å². The van der Waals surface area contributed by atoms with Crippen molar-refractivity contribution in [1.82, 2.24) is 5.32 Å². The molecule has 0 spiro atoms. The highest BCUT2D eigenvalue weighted by molar-refractivity contribution is 5.86. The van der Waals surface area contributed by atoms with Crippen LogP contribution in [0.25, 0.3) is 0 Å². The molecular weight excluding hydrogens is 382 g/mol. The summed E-state index contributed by atoms with van der Waals surface area (Å²) in [5.74, 6) is 0.633. The van der Waals surface area contributed by atoms with Crippen LogP contribution in [0, 0.1) is 0 Å². The number of esters is 1. The summed E-state index contributed by atoms with van der Waals surface area (Å²) in [6, 6.07) is 14.8. The lowest BCUT2D eigenvalue weighted by Crippen LogP contribution is -2.38. The number of hydrogen-bond acceptors (Lipinski definition) is 5. The van der Waals surface area contributed by atoms with Gasteiger partial charge in [0.15, 0.2) is 6.61 Å². The van der Waals surface area contributed by atoms with Crippen molar-refractivity contribution in [3.8, 4) is 11.5 Å². The maximum Gasteiger partial charge on any atom is 0.317 e. The number of benzene rings is 2. The molecular formula is C24H29NO5. The van der Waals surface area contributed by atoms with Crippen molar-refractivity contribution >= 4 is 11.9 Å². The zero-order valence-corrected chi connectivity index (χ0v) is 17.8. The summed E-state index contributed by atoms with van der Waals surface area (Å²) in [6.07, 6.45) is 3.44. The van der Waals surface area contributed by atoms with E-state index in [2.05, 4.69) is 5.32 Å². The molecule has 2 aromatic carbocycles. The summed E-state index contributed by atoms with van der Waals surface area (Å²) >= 11 is 0. The highest BCUT2D eigenvalue weighted by Gasteiger charge is 2.44. The van der Waals surface area contributed by atoms with E-state index in [9.17, 15) is 9.59 Å². The molecule has 0 bridgehead atoms. The Morgan fingerprint density at radius 3 is 2.37 bits per heavy atom. The smallest absolute Gasteiger partial charge is 0.317 e. The number of amides is 1. The summed E-state index contributed by atoms with van der Waals surface area (Å²) in [5.41, 5.74) is 1.10. The van der Waals surface area contributed by atoms with Gasteiger partial charge in [0, 0.05) is 5.56 Å². The molecule has 160 valence electrons. The van der Waals surface area contributed by atoms with E-state index in [0.29, 0.717) is 11.5 Å². The number of nitrogens with one attached hydrogen (secondary N) is 1. The van der Waals surface area contributed by atoms with Crippen molar-refractivity contribution in [2.45, 2.75) is 44.1 Å². The second-order valence-electron chi connectivity index (χ2n) is 7.63. The second-order valence-corrected chi connectivity index (χ2v) is 7.63. The molecule has 0 aromatic heterocycles. The Morgan fingerprint density at radius 2 is 1.73 bits per heavy atom. The Morgan fingerprint density at radius 1 is 1.03 bits per heavy atom. The predicted molar refractivity (Wildman–Crippen MR) is 114 cm³/mol. The molecule has 0 heterocycles. The Kier molecular flexibility index (Phi) is 6.98. The fraction of sp³-hybridized carbons (Fsp3) is 0.417. The summed E-state index contributed by atoms with van der Waals surface area (Å²) in [5, 5.41) is 2.87. The summed E-state index contributed by atoms with van der Waals surface area (Å²) in [6.45, 7) is 1.53. The summed E-state index contributed by atoms with van der Waals surface area (Å²) < 4.78 is 16.1. The van der Waals surface area contributed by atoms with Crippen LogP contribution in [0.3, 0.4) is 0 Å². The lowest BCUT2D eigenvalue weighted by atomic mass is 9.79. The largest absolute Gasteiger partial charge is 0.497 e. The van der Waals surface area contributed by atoms with Crippen LogP contribution in [0.5, 0.6) is 11.5 Å². The monoisotopic (exact) mass is 411 g/mol. The average Bonchev–Trinajstić information content (AvgIpc) is 3.29. The SMILES string of the molecule is COc1ccc(OC)c([C@H](C)NC(=O)COC(=O)C2(c3ccccc3)CCCC2)c1. The fourth-order valence-electron chi connectivity index (χ4n) is 4.15. The van der Waals surface area contributed by atoms with E-state index in [-0.39, 0.29) is 24.5 Å². The van der Waals surface area contributed by atoms with E-state index in [1.165, 1.54) is 0 Å². The molecule has 1 fully saturated rings. The Bertz CT molecular complexity index is 874. The van der Waals surface area contributed by atoms with Gasteiger partial charge in [-0.1, -0.05) is 43.2 Å². The van der Waals surface area contributed by atoms with Gasteiger partial charge in [0.1, 0.15) is 11.5 Å². The van der Waals surface area contributed by atoms with Crippen LogP contribution in [-0.4, -0.2) is 32.7 Å². The third-order valence-corrected chi connectivity index (χ3v) is 5.79. The van der Waals surface area contributed by atoms with Gasteiger partial charge >= 0.3 is 5.97 Å². The quantitative estimate of drug-likeness (QED) is 0.666. The first kappa shape index (κ1) is 21.7. The number of rotatable bonds is 8. The van der Waals surface area contributed by atoms with Gasteiger partial charge in [-0.05, 0) is 43.5 Å². The van der Waals surface area contributed by atoms with Crippen molar-refractivity contribution in [3.63, 3.8) is 0 Å². The standard InChI is InChI=1S/C24H29NO5/c1-17(20-15-19(28-2)11-12-21(20)29-3)25-22(26)16-30-23(27)24(13-7-8-14-24)18-9-5-4-6-10-18/h4-6,9-12,15,17H,7-8,13-14,16H2,1-3H3,(H,25,26)/t17-/m0/s1. The van der Waals surface area contributed by atoms with Crippen LogP contribution in [0.1, 0.15) is 49.8 Å². The Labute approximate surface area is 177 Å². The molecule has 0 saturated heterocycles. The van der Waals surface area contributed by atoms with Crippen molar-refractivity contribution in [3.05, 3.63) is 59.7 Å². The highest BCUT2D eigenvalue weighted by atomic mass is 16.5. The first-order chi connectivity index (χ1) is 14.5. The Balaban J connectivity index is 1.63. The van der Waals surface area contributed by atoms with Crippen molar-refractivity contribution in [2.24, 2.45) is 0 Å². The summed E-state index contributed by atoms with van der Waals surface area (Å²) in [7, 11) is 3.16. The number of ether oxygens (including phenoxy) is 3. The van der Waals surface area contributed by atoms with Gasteiger partial charge in [0.25, 0.3) is 5.91 Å². The first-order valence-electron chi connectivity index (χ1n) is 10.2. The van der Waals surface area contributed by atoms with Crippen molar-refractivity contribution in [2.75, 3.05) is 20.8 Å². The molecule has 0 unspecified atom stereocenters. The second kappa shape index (κ2) is 9.65. The lowest BCUT2D eigenvalue weighted by Gasteiger charge is -2.27. The maximum absolute atomic E-state index is 13.0. The number of carbonyl (C=O) groups is 2. The molecule has 1 N–H and O–H groups in total. The highest BCUT2D eigenvalue weighted by Crippen LogP contribution is 2.42. The topological polar surface area (TPSA) is 73.9 Å². The third kappa shape index (κ3) is 4.58. The molecule has 30 heavy (non-hydrogen) atoms. The van der Waals surface area contributed by atoms with Crippen LogP contribution in [0.2, 0.25) is 0 Å². The van der Waals surface area contributed by atoms with Crippen LogP contribution in [-0.2, 0) is 19.7 Å². The lowest BCUT2D eigenvalue weighted by molar-refractivity contribution is -0.154. The Hall–Kier alpha value is -3.02. The third-order valence-electron chi connectivity index (χ3n) is 5.79. The zero-order chi connectivity index (χ0) is 21.6. The van der Waals surface area contributed by atoms with Gasteiger partial charge in [-0.15, -0.1) is 0 Å². The number of carbonyl (C=O) groups excluding carboxylic acids is 2. The van der Waals surface area contributed by atoms with E-state index >= 15 is 0 Å². The fourth-order valence-corrected chi connectivity index (χ4v) is 4.15. The van der Waals surface area contributed by atoms with Gasteiger partial charge in [0.05, 0.1) is 25.7 Å². The van der Waals surface area contributed by atoms with E-state index < -0.39 is 5.41 Å². The molecule has 1 aliphatic carbocycles. The molecule has 6 heteroatoms.